The predicted molar refractivity (Wildman–Crippen MR) is 94.0 cm³/mol. The molecule has 0 unspecified atom stereocenters. The van der Waals surface area contributed by atoms with E-state index >= 15 is 0 Å². The lowest BCUT2D eigenvalue weighted by Gasteiger charge is -2.30. The van der Waals surface area contributed by atoms with Crippen LogP contribution in [0.2, 0.25) is 0 Å². The minimum atomic E-state index is -0.527. The maximum Gasteiger partial charge on any atom is 0.256 e. The van der Waals surface area contributed by atoms with Gasteiger partial charge in [0.25, 0.3) is 5.91 Å². The minimum Gasteiger partial charge on any atom is -0.364 e. The second-order valence-electron chi connectivity index (χ2n) is 5.78. The summed E-state index contributed by atoms with van der Waals surface area (Å²) in [6.07, 6.45) is 0.328. The summed E-state index contributed by atoms with van der Waals surface area (Å²) >= 11 is 3.47. The first-order valence-corrected chi connectivity index (χ1v) is 8.68. The molecule has 0 bridgehead atoms. The number of ether oxygens (including phenoxy) is 1. The zero-order valence-corrected chi connectivity index (χ0v) is 14.7. The van der Waals surface area contributed by atoms with E-state index in [1.165, 1.54) is 0 Å². The number of carbonyl (C=O) groups is 1. The van der Waals surface area contributed by atoms with Gasteiger partial charge in [-0.1, -0.05) is 58.4 Å². The van der Waals surface area contributed by atoms with Gasteiger partial charge in [0, 0.05) is 17.6 Å². The van der Waals surface area contributed by atoms with E-state index in [0.29, 0.717) is 6.61 Å². The van der Waals surface area contributed by atoms with Crippen LogP contribution in [0.25, 0.3) is 0 Å². The Hall–Kier alpha value is -1.65. The van der Waals surface area contributed by atoms with Crippen LogP contribution in [-0.4, -0.2) is 24.0 Å². The summed E-state index contributed by atoms with van der Waals surface area (Å²) in [6, 6.07) is 18.0. The van der Waals surface area contributed by atoms with Crippen molar-refractivity contribution in [1.82, 2.24) is 4.90 Å². The number of rotatable bonds is 3. The molecule has 4 heteroatoms. The lowest BCUT2D eigenvalue weighted by Crippen LogP contribution is -2.36. The maximum atomic E-state index is 13.1. The largest absolute Gasteiger partial charge is 0.364 e. The third-order valence-electron chi connectivity index (χ3n) is 4.24. The minimum absolute atomic E-state index is 0.0388. The number of carbonyl (C=O) groups excluding carboxylic acids is 1. The molecule has 3 nitrogen and oxygen atoms in total. The Bertz CT molecular complexity index is 674. The molecular weight excluding hydrogens is 354 g/mol. The van der Waals surface area contributed by atoms with Gasteiger partial charge in [-0.2, -0.15) is 0 Å². The van der Waals surface area contributed by atoms with Crippen molar-refractivity contribution in [3.63, 3.8) is 0 Å². The van der Waals surface area contributed by atoms with Crippen LogP contribution in [0.1, 0.15) is 36.6 Å². The fourth-order valence-electron chi connectivity index (χ4n) is 2.97. The lowest BCUT2D eigenvalue weighted by molar-refractivity contribution is -0.143. The smallest absolute Gasteiger partial charge is 0.256 e. The summed E-state index contributed by atoms with van der Waals surface area (Å²) in [5, 5.41) is 0. The number of benzene rings is 2. The van der Waals surface area contributed by atoms with Gasteiger partial charge in [-0.05, 0) is 36.6 Å². The van der Waals surface area contributed by atoms with E-state index in [0.717, 1.165) is 28.6 Å². The molecule has 0 N–H and O–H groups in total. The Morgan fingerprint density at radius 1 is 1.17 bits per heavy atom. The Balaban J connectivity index is 1.88. The Morgan fingerprint density at radius 2 is 1.96 bits per heavy atom. The highest BCUT2D eigenvalue weighted by Gasteiger charge is 2.32. The highest BCUT2D eigenvalue weighted by Crippen LogP contribution is 2.30. The molecule has 0 saturated carbocycles. The SMILES string of the molecule is C[C@H](c1ccccc1)N1CCCO[C@H](c2cccc(Br)c2)C1=O. The van der Waals surface area contributed by atoms with Crippen molar-refractivity contribution in [2.45, 2.75) is 25.5 Å². The van der Waals surface area contributed by atoms with Crippen LogP contribution >= 0.6 is 15.9 Å². The van der Waals surface area contributed by atoms with Gasteiger partial charge in [0.05, 0.1) is 6.04 Å². The second kappa shape index (κ2) is 7.28. The Morgan fingerprint density at radius 3 is 2.70 bits per heavy atom. The first-order chi connectivity index (χ1) is 11.2. The highest BCUT2D eigenvalue weighted by molar-refractivity contribution is 9.10. The average molecular weight is 374 g/mol. The van der Waals surface area contributed by atoms with Crippen molar-refractivity contribution < 1.29 is 9.53 Å². The summed E-state index contributed by atoms with van der Waals surface area (Å²) in [4.78, 5) is 15.0. The van der Waals surface area contributed by atoms with Gasteiger partial charge in [0.2, 0.25) is 0 Å². The van der Waals surface area contributed by atoms with Gasteiger partial charge < -0.3 is 9.64 Å². The molecule has 1 amide bonds. The molecule has 120 valence electrons. The van der Waals surface area contributed by atoms with Crippen molar-refractivity contribution in [1.29, 1.82) is 0 Å². The van der Waals surface area contributed by atoms with Gasteiger partial charge in [-0.3, -0.25) is 4.79 Å². The zero-order chi connectivity index (χ0) is 16.2. The Kier molecular flexibility index (Phi) is 5.13. The van der Waals surface area contributed by atoms with E-state index in [4.69, 9.17) is 4.74 Å². The van der Waals surface area contributed by atoms with E-state index in [1.807, 2.05) is 47.4 Å². The first-order valence-electron chi connectivity index (χ1n) is 7.89. The van der Waals surface area contributed by atoms with Crippen molar-refractivity contribution in [2.24, 2.45) is 0 Å². The molecule has 0 radical (unpaired) electrons. The van der Waals surface area contributed by atoms with E-state index in [9.17, 15) is 4.79 Å². The maximum absolute atomic E-state index is 13.1. The number of nitrogens with zero attached hydrogens (tertiary/aromatic N) is 1. The topological polar surface area (TPSA) is 29.5 Å². The fraction of sp³-hybridized carbons (Fsp3) is 0.316. The predicted octanol–water partition coefficient (Wildman–Crippen LogP) is 4.50. The third kappa shape index (κ3) is 3.65. The van der Waals surface area contributed by atoms with Crippen molar-refractivity contribution in [2.75, 3.05) is 13.2 Å². The van der Waals surface area contributed by atoms with Crippen LogP contribution in [0.3, 0.4) is 0 Å². The van der Waals surface area contributed by atoms with E-state index in [-0.39, 0.29) is 11.9 Å². The summed E-state index contributed by atoms with van der Waals surface area (Å²) in [7, 11) is 0. The molecule has 1 aliphatic heterocycles. The van der Waals surface area contributed by atoms with Crippen molar-refractivity contribution >= 4 is 21.8 Å². The quantitative estimate of drug-likeness (QED) is 0.792. The summed E-state index contributed by atoms with van der Waals surface area (Å²) in [5.74, 6) is 0.0388. The molecule has 23 heavy (non-hydrogen) atoms. The molecule has 0 aromatic heterocycles. The van der Waals surface area contributed by atoms with E-state index < -0.39 is 6.10 Å². The Labute approximate surface area is 145 Å². The van der Waals surface area contributed by atoms with Crippen LogP contribution in [-0.2, 0) is 9.53 Å². The van der Waals surface area contributed by atoms with Gasteiger partial charge in [-0.25, -0.2) is 0 Å². The van der Waals surface area contributed by atoms with Crippen LogP contribution < -0.4 is 0 Å². The molecule has 0 spiro atoms. The normalized spacial score (nSPS) is 20.2. The van der Waals surface area contributed by atoms with Crippen LogP contribution in [0.5, 0.6) is 0 Å². The molecular formula is C19H20BrNO2. The fourth-order valence-corrected chi connectivity index (χ4v) is 3.39. The lowest BCUT2D eigenvalue weighted by atomic mass is 10.0. The monoisotopic (exact) mass is 373 g/mol. The van der Waals surface area contributed by atoms with Gasteiger partial charge in [0.1, 0.15) is 0 Å². The van der Waals surface area contributed by atoms with E-state index in [2.05, 4.69) is 35.0 Å². The molecule has 2 aromatic carbocycles. The van der Waals surface area contributed by atoms with Crippen LogP contribution in [0.4, 0.5) is 0 Å². The molecule has 3 rings (SSSR count). The molecule has 2 atom stereocenters. The third-order valence-corrected chi connectivity index (χ3v) is 4.73. The standard InChI is InChI=1S/C19H20BrNO2/c1-14(15-7-3-2-4-8-15)21-11-6-12-23-18(19(21)22)16-9-5-10-17(20)13-16/h2-5,7-10,13-14,18H,6,11-12H2,1H3/t14-,18-/m1/s1. The molecule has 1 heterocycles. The van der Waals surface area contributed by atoms with Crippen LogP contribution in [0, 0.1) is 0 Å². The number of hydrogen-bond donors (Lipinski definition) is 0. The summed E-state index contributed by atoms with van der Waals surface area (Å²) in [6.45, 7) is 3.40. The van der Waals surface area contributed by atoms with Crippen molar-refractivity contribution in [3.8, 4) is 0 Å². The summed E-state index contributed by atoms with van der Waals surface area (Å²) in [5.41, 5.74) is 2.05. The highest BCUT2D eigenvalue weighted by atomic mass is 79.9. The number of amides is 1. The summed E-state index contributed by atoms with van der Waals surface area (Å²) < 4.78 is 6.82. The average Bonchev–Trinajstić information content (AvgIpc) is 2.77. The number of hydrogen-bond acceptors (Lipinski definition) is 2. The molecule has 2 aromatic rings. The molecule has 1 fully saturated rings. The first kappa shape index (κ1) is 16.2. The van der Waals surface area contributed by atoms with Gasteiger partial charge in [-0.15, -0.1) is 0 Å². The number of halogens is 1. The molecule has 1 saturated heterocycles. The van der Waals surface area contributed by atoms with Gasteiger partial charge in [0.15, 0.2) is 6.10 Å². The van der Waals surface area contributed by atoms with Gasteiger partial charge >= 0.3 is 0 Å². The zero-order valence-electron chi connectivity index (χ0n) is 13.1. The molecule has 0 aliphatic carbocycles. The second-order valence-corrected chi connectivity index (χ2v) is 6.69. The van der Waals surface area contributed by atoms with Crippen LogP contribution in [0.15, 0.2) is 59.1 Å². The van der Waals surface area contributed by atoms with E-state index in [1.54, 1.807) is 0 Å². The van der Waals surface area contributed by atoms with Crippen molar-refractivity contribution in [3.05, 3.63) is 70.2 Å². The molecule has 1 aliphatic rings.